The molecule has 0 aliphatic heterocycles. The minimum absolute atomic E-state index is 0.0134. The number of rotatable bonds is 5. The zero-order valence-corrected chi connectivity index (χ0v) is 9.88. The molecule has 0 aromatic carbocycles. The van der Waals surface area contributed by atoms with Gasteiger partial charge in [0, 0.05) is 18.4 Å². The van der Waals surface area contributed by atoms with Crippen molar-refractivity contribution >= 4 is 17.7 Å². The van der Waals surface area contributed by atoms with Gasteiger partial charge >= 0.3 is 0 Å². The number of thioether (sulfide) groups is 1. The van der Waals surface area contributed by atoms with Crippen molar-refractivity contribution < 1.29 is 4.79 Å². The van der Waals surface area contributed by atoms with Gasteiger partial charge in [0.05, 0.1) is 11.7 Å². The summed E-state index contributed by atoms with van der Waals surface area (Å²) in [4.78, 5) is 15.6. The first-order valence-corrected chi connectivity index (χ1v) is 6.32. The van der Waals surface area contributed by atoms with Crippen LogP contribution in [0.15, 0.2) is 24.4 Å². The van der Waals surface area contributed by atoms with Gasteiger partial charge in [-0.1, -0.05) is 6.07 Å². The highest BCUT2D eigenvalue weighted by Crippen LogP contribution is 2.08. The first-order valence-electron chi connectivity index (χ1n) is 4.93. The lowest BCUT2D eigenvalue weighted by Crippen LogP contribution is -2.27. The van der Waals surface area contributed by atoms with E-state index in [0.29, 0.717) is 6.42 Å². The Hall–Kier alpha value is -1.03. The summed E-state index contributed by atoms with van der Waals surface area (Å²) in [5.41, 5.74) is 0.898. The van der Waals surface area contributed by atoms with Crippen molar-refractivity contribution in [2.75, 3.05) is 12.0 Å². The molecule has 1 N–H and O–H groups in total. The minimum atomic E-state index is -0.0134. The van der Waals surface area contributed by atoms with Gasteiger partial charge in [-0.2, -0.15) is 11.8 Å². The Bertz CT molecular complexity index is 303. The second kappa shape index (κ2) is 6.45. The lowest BCUT2D eigenvalue weighted by atomic mass is 10.2. The van der Waals surface area contributed by atoms with Crippen LogP contribution in [0.4, 0.5) is 0 Å². The van der Waals surface area contributed by atoms with Crippen LogP contribution in [0.1, 0.15) is 25.1 Å². The summed E-state index contributed by atoms with van der Waals surface area (Å²) < 4.78 is 0. The molecule has 1 atom stereocenters. The van der Waals surface area contributed by atoms with Gasteiger partial charge < -0.3 is 5.32 Å². The monoisotopic (exact) mass is 224 g/mol. The Morgan fingerprint density at radius 2 is 2.40 bits per heavy atom. The van der Waals surface area contributed by atoms with Gasteiger partial charge in [-0.05, 0) is 25.3 Å². The van der Waals surface area contributed by atoms with E-state index in [4.69, 9.17) is 0 Å². The molecule has 0 fully saturated rings. The molecule has 0 radical (unpaired) electrons. The molecule has 15 heavy (non-hydrogen) atoms. The summed E-state index contributed by atoms with van der Waals surface area (Å²) in [5, 5.41) is 2.92. The summed E-state index contributed by atoms with van der Waals surface area (Å²) in [6.45, 7) is 1.94. The molecule has 0 aliphatic carbocycles. The highest BCUT2D eigenvalue weighted by molar-refractivity contribution is 7.98. The topological polar surface area (TPSA) is 42.0 Å². The van der Waals surface area contributed by atoms with Gasteiger partial charge in [0.15, 0.2) is 0 Å². The fourth-order valence-electron chi connectivity index (χ4n) is 1.21. The van der Waals surface area contributed by atoms with Gasteiger partial charge in [0.1, 0.15) is 0 Å². The average Bonchev–Trinajstić information content (AvgIpc) is 2.27. The molecule has 0 aliphatic rings. The molecule has 1 rings (SSSR count). The number of carbonyl (C=O) groups is 1. The van der Waals surface area contributed by atoms with Gasteiger partial charge in [-0.3, -0.25) is 9.78 Å². The lowest BCUT2D eigenvalue weighted by molar-refractivity contribution is -0.121. The zero-order valence-electron chi connectivity index (χ0n) is 9.06. The van der Waals surface area contributed by atoms with E-state index in [1.807, 2.05) is 31.4 Å². The number of amides is 1. The molecule has 0 bridgehead atoms. The van der Waals surface area contributed by atoms with Crippen molar-refractivity contribution in [1.29, 1.82) is 0 Å². The number of nitrogens with one attached hydrogen (secondary N) is 1. The van der Waals surface area contributed by atoms with E-state index in [1.54, 1.807) is 18.0 Å². The van der Waals surface area contributed by atoms with E-state index in [-0.39, 0.29) is 11.9 Å². The van der Waals surface area contributed by atoms with Gasteiger partial charge in [0.25, 0.3) is 0 Å². The third kappa shape index (κ3) is 4.34. The van der Waals surface area contributed by atoms with E-state index in [1.165, 1.54) is 0 Å². The van der Waals surface area contributed by atoms with Crippen LogP contribution >= 0.6 is 11.8 Å². The maximum atomic E-state index is 11.4. The van der Waals surface area contributed by atoms with Crippen LogP contribution in [0, 0.1) is 0 Å². The third-order valence-corrected chi connectivity index (χ3v) is 2.65. The summed E-state index contributed by atoms with van der Waals surface area (Å²) in [6, 6.07) is 5.69. The molecule has 0 spiro atoms. The summed E-state index contributed by atoms with van der Waals surface area (Å²) in [5.74, 6) is 0.948. The zero-order chi connectivity index (χ0) is 11.1. The van der Waals surface area contributed by atoms with Gasteiger partial charge in [0.2, 0.25) is 5.91 Å². The van der Waals surface area contributed by atoms with E-state index in [9.17, 15) is 4.79 Å². The molecular weight excluding hydrogens is 208 g/mol. The molecule has 1 aromatic rings. The van der Waals surface area contributed by atoms with Crippen molar-refractivity contribution in [2.24, 2.45) is 0 Å². The number of aromatic nitrogens is 1. The van der Waals surface area contributed by atoms with Crippen molar-refractivity contribution in [3.8, 4) is 0 Å². The maximum absolute atomic E-state index is 11.4. The first kappa shape index (κ1) is 12.0. The lowest BCUT2D eigenvalue weighted by Gasteiger charge is -2.12. The van der Waals surface area contributed by atoms with Crippen LogP contribution in [0.5, 0.6) is 0 Å². The fourth-order valence-corrected chi connectivity index (χ4v) is 1.60. The Kier molecular flexibility index (Phi) is 5.18. The molecule has 82 valence electrons. The first-order chi connectivity index (χ1) is 7.24. The van der Waals surface area contributed by atoms with Crippen LogP contribution in [-0.4, -0.2) is 22.9 Å². The Morgan fingerprint density at radius 1 is 1.60 bits per heavy atom. The molecule has 1 amide bonds. The maximum Gasteiger partial charge on any atom is 0.221 e. The predicted molar refractivity (Wildman–Crippen MR) is 63.8 cm³/mol. The van der Waals surface area contributed by atoms with E-state index in [0.717, 1.165) is 11.4 Å². The smallest absolute Gasteiger partial charge is 0.221 e. The highest BCUT2D eigenvalue weighted by atomic mass is 32.2. The summed E-state index contributed by atoms with van der Waals surface area (Å²) >= 11 is 1.68. The largest absolute Gasteiger partial charge is 0.348 e. The molecule has 0 saturated heterocycles. The molecule has 3 nitrogen and oxygen atoms in total. The molecule has 0 unspecified atom stereocenters. The number of carbonyl (C=O) groups excluding carboxylic acids is 1. The van der Waals surface area contributed by atoms with Crippen molar-refractivity contribution in [1.82, 2.24) is 10.3 Å². The Balaban J connectivity index is 2.42. The predicted octanol–water partition coefficient (Wildman–Crippen LogP) is 2.01. The van der Waals surface area contributed by atoms with E-state index < -0.39 is 0 Å². The highest BCUT2D eigenvalue weighted by Gasteiger charge is 2.09. The number of hydrogen-bond donors (Lipinski definition) is 1. The molecule has 0 saturated carbocycles. The summed E-state index contributed by atoms with van der Waals surface area (Å²) in [7, 11) is 0. The standard InChI is InChI=1S/C11H16N2OS/c1-9(10-5-3-4-7-12-10)13-11(14)6-8-15-2/h3-5,7,9H,6,8H2,1-2H3,(H,13,14)/t9-/m0/s1. The fraction of sp³-hybridized carbons (Fsp3) is 0.455. The molecular formula is C11H16N2OS. The molecule has 1 aromatic heterocycles. The third-order valence-electron chi connectivity index (χ3n) is 2.04. The van der Waals surface area contributed by atoms with Crippen LogP contribution in [-0.2, 0) is 4.79 Å². The van der Waals surface area contributed by atoms with Crippen molar-refractivity contribution in [3.63, 3.8) is 0 Å². The van der Waals surface area contributed by atoms with Crippen LogP contribution in [0.2, 0.25) is 0 Å². The number of pyridine rings is 1. The quantitative estimate of drug-likeness (QED) is 0.832. The van der Waals surface area contributed by atoms with Gasteiger partial charge in [-0.15, -0.1) is 0 Å². The van der Waals surface area contributed by atoms with Crippen LogP contribution < -0.4 is 5.32 Å². The average molecular weight is 224 g/mol. The second-order valence-corrected chi connectivity index (χ2v) is 4.27. The summed E-state index contributed by atoms with van der Waals surface area (Å²) in [6.07, 6.45) is 4.30. The molecule has 1 heterocycles. The SMILES string of the molecule is CSCCC(=O)N[C@@H](C)c1ccccn1. The van der Waals surface area contributed by atoms with Crippen LogP contribution in [0.25, 0.3) is 0 Å². The normalized spacial score (nSPS) is 12.1. The van der Waals surface area contributed by atoms with Crippen molar-refractivity contribution in [2.45, 2.75) is 19.4 Å². The number of hydrogen-bond acceptors (Lipinski definition) is 3. The minimum Gasteiger partial charge on any atom is -0.348 e. The molecule has 4 heteroatoms. The van der Waals surface area contributed by atoms with Crippen LogP contribution in [0.3, 0.4) is 0 Å². The number of nitrogens with zero attached hydrogens (tertiary/aromatic N) is 1. The van der Waals surface area contributed by atoms with E-state index in [2.05, 4.69) is 10.3 Å². The van der Waals surface area contributed by atoms with Crippen molar-refractivity contribution in [3.05, 3.63) is 30.1 Å². The Morgan fingerprint density at radius 3 is 3.00 bits per heavy atom. The second-order valence-electron chi connectivity index (χ2n) is 3.29. The Labute approximate surface area is 94.7 Å². The van der Waals surface area contributed by atoms with Gasteiger partial charge in [-0.25, -0.2) is 0 Å². The van der Waals surface area contributed by atoms with E-state index >= 15 is 0 Å².